The molecule has 21 heavy (non-hydrogen) atoms. The first-order chi connectivity index (χ1) is 9.79. The lowest BCUT2D eigenvalue weighted by Gasteiger charge is -2.44. The van der Waals surface area contributed by atoms with Crippen molar-refractivity contribution in [2.45, 2.75) is 19.3 Å². The van der Waals surface area contributed by atoms with E-state index in [0.717, 1.165) is 22.7 Å². The van der Waals surface area contributed by atoms with E-state index in [1.807, 2.05) is 24.3 Å². The molecule has 112 valence electrons. The van der Waals surface area contributed by atoms with Crippen LogP contribution in [-0.4, -0.2) is 35.3 Å². The van der Waals surface area contributed by atoms with E-state index in [-0.39, 0.29) is 18.2 Å². The van der Waals surface area contributed by atoms with Crippen molar-refractivity contribution >= 4 is 39.7 Å². The lowest BCUT2D eigenvalue weighted by Crippen LogP contribution is -2.47. The molecule has 0 aliphatic carbocycles. The Bertz CT molecular complexity index is 616. The quantitative estimate of drug-likeness (QED) is 0.809. The van der Waals surface area contributed by atoms with E-state index in [2.05, 4.69) is 9.88 Å². The number of benzene rings is 1. The number of piperidine rings is 3. The molecular weight excluding hydrogens is 304 g/mol. The second-order valence-corrected chi connectivity index (χ2v) is 7.04. The predicted octanol–water partition coefficient (Wildman–Crippen LogP) is 3.63. The fourth-order valence-electron chi connectivity index (χ4n) is 3.64. The van der Waals surface area contributed by atoms with Crippen molar-refractivity contribution in [3.05, 3.63) is 29.3 Å². The van der Waals surface area contributed by atoms with Gasteiger partial charge in [-0.1, -0.05) is 12.1 Å². The first-order valence-electron chi connectivity index (χ1n) is 7.41. The van der Waals surface area contributed by atoms with Gasteiger partial charge in [0.25, 0.3) is 0 Å². The van der Waals surface area contributed by atoms with E-state index in [4.69, 9.17) is 0 Å². The van der Waals surface area contributed by atoms with Crippen molar-refractivity contribution < 1.29 is 4.79 Å². The Hall–Kier alpha value is -0.970. The molecule has 3 fully saturated rings. The van der Waals surface area contributed by atoms with Crippen LogP contribution in [0, 0.1) is 11.8 Å². The average molecular weight is 323 g/mol. The molecule has 3 saturated heterocycles. The Balaban J connectivity index is 0.00000132. The van der Waals surface area contributed by atoms with Crippen molar-refractivity contribution in [2.75, 3.05) is 19.6 Å². The number of carbonyl (C=O) groups is 1. The zero-order chi connectivity index (χ0) is 13.5. The molecule has 1 unspecified atom stereocenters. The minimum Gasteiger partial charge on any atom is -0.303 e. The molecule has 1 atom stereocenters. The number of halogens is 1. The highest BCUT2D eigenvalue weighted by Gasteiger charge is 2.35. The summed E-state index contributed by atoms with van der Waals surface area (Å²) in [5, 5.41) is 0.697. The van der Waals surface area contributed by atoms with Crippen LogP contribution in [0.1, 0.15) is 29.1 Å². The molecule has 4 heterocycles. The number of carbonyl (C=O) groups excluding carboxylic acids is 1. The minimum atomic E-state index is 0. The zero-order valence-corrected chi connectivity index (χ0v) is 13.5. The number of nitrogens with zero attached hydrogens (tertiary/aromatic N) is 2. The molecule has 0 saturated carbocycles. The Labute approximate surface area is 134 Å². The normalized spacial score (nSPS) is 27.5. The van der Waals surface area contributed by atoms with Crippen molar-refractivity contribution in [3.8, 4) is 0 Å². The van der Waals surface area contributed by atoms with E-state index in [0.29, 0.717) is 17.3 Å². The maximum Gasteiger partial charge on any atom is 0.191 e. The summed E-state index contributed by atoms with van der Waals surface area (Å²) in [6.45, 7) is 3.58. The van der Waals surface area contributed by atoms with Crippen LogP contribution in [0.15, 0.2) is 24.3 Å². The van der Waals surface area contributed by atoms with Crippen LogP contribution in [-0.2, 0) is 0 Å². The summed E-state index contributed by atoms with van der Waals surface area (Å²) in [6.07, 6.45) is 3.23. The Morgan fingerprint density at radius 1 is 1.29 bits per heavy atom. The van der Waals surface area contributed by atoms with Crippen LogP contribution < -0.4 is 0 Å². The molecule has 2 bridgehead atoms. The van der Waals surface area contributed by atoms with Gasteiger partial charge < -0.3 is 4.90 Å². The molecule has 1 aromatic carbocycles. The van der Waals surface area contributed by atoms with Gasteiger partial charge in [0.2, 0.25) is 0 Å². The summed E-state index contributed by atoms with van der Waals surface area (Å²) in [4.78, 5) is 19.5. The lowest BCUT2D eigenvalue weighted by molar-refractivity contribution is 0.0441. The van der Waals surface area contributed by atoms with Crippen molar-refractivity contribution in [2.24, 2.45) is 11.8 Å². The monoisotopic (exact) mass is 322 g/mol. The topological polar surface area (TPSA) is 33.2 Å². The van der Waals surface area contributed by atoms with Gasteiger partial charge in [-0.05, 0) is 49.9 Å². The van der Waals surface area contributed by atoms with E-state index in [9.17, 15) is 4.79 Å². The minimum absolute atomic E-state index is 0. The molecule has 0 radical (unpaired) electrons. The highest BCUT2D eigenvalue weighted by atomic mass is 35.5. The van der Waals surface area contributed by atoms with E-state index >= 15 is 0 Å². The Kier molecular flexibility index (Phi) is 4.29. The zero-order valence-electron chi connectivity index (χ0n) is 11.8. The molecular formula is C16H19ClN2OS. The van der Waals surface area contributed by atoms with Crippen LogP contribution in [0.4, 0.5) is 0 Å². The summed E-state index contributed by atoms with van der Waals surface area (Å²) in [6, 6.07) is 8.00. The summed E-state index contributed by atoms with van der Waals surface area (Å²) >= 11 is 1.54. The van der Waals surface area contributed by atoms with Crippen molar-refractivity contribution in [1.82, 2.24) is 9.88 Å². The fourth-order valence-corrected chi connectivity index (χ4v) is 4.55. The van der Waals surface area contributed by atoms with Gasteiger partial charge in [-0.15, -0.1) is 23.7 Å². The van der Waals surface area contributed by atoms with Crippen molar-refractivity contribution in [3.63, 3.8) is 0 Å². The van der Waals surface area contributed by atoms with E-state index in [1.165, 1.54) is 37.3 Å². The van der Waals surface area contributed by atoms with Crippen molar-refractivity contribution in [1.29, 1.82) is 0 Å². The third-order valence-corrected chi connectivity index (χ3v) is 5.85. The number of aromatic nitrogens is 1. The summed E-state index contributed by atoms with van der Waals surface area (Å²) in [7, 11) is 0. The number of fused-ring (bicyclic) bond motifs is 4. The molecule has 0 N–H and O–H groups in total. The third kappa shape index (κ3) is 2.85. The first-order valence-corrected chi connectivity index (χ1v) is 8.22. The number of hydrogen-bond donors (Lipinski definition) is 0. The van der Waals surface area contributed by atoms with Gasteiger partial charge in [0.05, 0.1) is 10.2 Å². The molecule has 2 aromatic rings. The summed E-state index contributed by atoms with van der Waals surface area (Å²) in [5.41, 5.74) is 0.953. The second kappa shape index (κ2) is 6.03. The van der Waals surface area contributed by atoms with Gasteiger partial charge >= 0.3 is 0 Å². The summed E-state index contributed by atoms with van der Waals surface area (Å²) < 4.78 is 1.12. The van der Waals surface area contributed by atoms with Crippen LogP contribution in [0.3, 0.4) is 0 Å². The van der Waals surface area contributed by atoms with Gasteiger partial charge in [-0.3, -0.25) is 4.79 Å². The van der Waals surface area contributed by atoms with Crippen LogP contribution in [0.2, 0.25) is 0 Å². The third-order valence-electron chi connectivity index (χ3n) is 4.77. The van der Waals surface area contributed by atoms with Gasteiger partial charge in [-0.25, -0.2) is 4.98 Å². The van der Waals surface area contributed by atoms with Gasteiger partial charge in [0, 0.05) is 13.0 Å². The van der Waals surface area contributed by atoms with Gasteiger partial charge in [0.15, 0.2) is 10.8 Å². The smallest absolute Gasteiger partial charge is 0.191 e. The SMILES string of the molecule is Cl.O=C(CC1CN2CCC1CC2)c1nc2ccccc2s1. The fraction of sp³-hybridized carbons (Fsp3) is 0.500. The number of Topliss-reactive ketones (excluding diaryl/α,β-unsaturated/α-hetero) is 1. The number of para-hydroxylation sites is 1. The number of ketones is 1. The second-order valence-electron chi connectivity index (χ2n) is 6.01. The number of rotatable bonds is 3. The first kappa shape index (κ1) is 14.9. The van der Waals surface area contributed by atoms with Crippen LogP contribution >= 0.6 is 23.7 Å². The van der Waals surface area contributed by atoms with Gasteiger partial charge in [0.1, 0.15) is 0 Å². The lowest BCUT2D eigenvalue weighted by atomic mass is 9.77. The van der Waals surface area contributed by atoms with Crippen LogP contribution in [0.5, 0.6) is 0 Å². The maximum atomic E-state index is 12.5. The number of hydrogen-bond acceptors (Lipinski definition) is 4. The molecule has 5 rings (SSSR count). The van der Waals surface area contributed by atoms with E-state index < -0.39 is 0 Å². The average Bonchev–Trinajstić information content (AvgIpc) is 2.92. The largest absolute Gasteiger partial charge is 0.303 e. The Morgan fingerprint density at radius 3 is 2.71 bits per heavy atom. The maximum absolute atomic E-state index is 12.5. The molecule has 3 nitrogen and oxygen atoms in total. The van der Waals surface area contributed by atoms with E-state index in [1.54, 1.807) is 0 Å². The predicted molar refractivity (Wildman–Crippen MR) is 88.5 cm³/mol. The molecule has 3 aliphatic heterocycles. The number of thiazole rings is 1. The summed E-state index contributed by atoms with van der Waals surface area (Å²) in [5.74, 6) is 1.56. The molecule has 5 heteroatoms. The van der Waals surface area contributed by atoms with Gasteiger partial charge in [-0.2, -0.15) is 0 Å². The molecule has 1 aromatic heterocycles. The van der Waals surface area contributed by atoms with Crippen LogP contribution in [0.25, 0.3) is 10.2 Å². The molecule has 0 spiro atoms. The highest BCUT2D eigenvalue weighted by Crippen LogP contribution is 2.35. The Morgan fingerprint density at radius 2 is 2.05 bits per heavy atom. The highest BCUT2D eigenvalue weighted by molar-refractivity contribution is 7.20. The molecule has 0 amide bonds. The molecule has 3 aliphatic rings. The standard InChI is InChI=1S/C16H18N2OS.ClH/c19-14(9-12-10-18-7-5-11(12)6-8-18)16-17-13-3-1-2-4-15(13)20-16;/h1-4,11-12H,5-10H2;1H.